The quantitative estimate of drug-likeness (QED) is 0.736. The highest BCUT2D eigenvalue weighted by atomic mass is 16.4. The van der Waals surface area contributed by atoms with Gasteiger partial charge in [-0.05, 0) is 12.1 Å². The Morgan fingerprint density at radius 3 is 2.81 bits per heavy atom. The van der Waals surface area contributed by atoms with Gasteiger partial charge in [-0.3, -0.25) is 4.90 Å². The fourth-order valence-corrected chi connectivity index (χ4v) is 3.69. The Balaban J connectivity index is 1.53. The molecule has 5 rings (SSSR count). The van der Waals surface area contributed by atoms with Crippen LogP contribution in [0.4, 0.5) is 5.69 Å². The summed E-state index contributed by atoms with van der Waals surface area (Å²) >= 11 is 0. The van der Waals surface area contributed by atoms with Crippen molar-refractivity contribution in [3.8, 4) is 5.75 Å². The lowest BCUT2D eigenvalue weighted by Gasteiger charge is -2.27. The van der Waals surface area contributed by atoms with E-state index in [0.29, 0.717) is 11.5 Å². The van der Waals surface area contributed by atoms with Crippen molar-refractivity contribution in [1.29, 1.82) is 0 Å². The molecule has 0 amide bonds. The molecule has 3 heterocycles. The smallest absolute Gasteiger partial charge is 0.172 e. The van der Waals surface area contributed by atoms with Crippen molar-refractivity contribution in [2.75, 3.05) is 26.2 Å². The molecule has 2 aliphatic heterocycles. The highest BCUT2D eigenvalue weighted by molar-refractivity contribution is 5.94. The normalized spacial score (nSPS) is 18.4. The van der Waals surface area contributed by atoms with Gasteiger partial charge in [-0.25, -0.2) is 0 Å². The summed E-state index contributed by atoms with van der Waals surface area (Å²) in [5.41, 5.74) is 4.30. The molecule has 1 fully saturated rings. The maximum atomic E-state index is 10.7. The van der Waals surface area contributed by atoms with Crippen molar-refractivity contribution in [3.05, 3.63) is 59.4 Å². The molecule has 1 aromatic heterocycles. The molecule has 2 N–H and O–H groups in total. The SMILES string of the molecule is Oc1c(C=C2N=Nc3ccccc32)oc2c(CN3CCNCC3)cccc12. The molecule has 6 nitrogen and oxygen atoms in total. The van der Waals surface area contributed by atoms with Crippen LogP contribution in [0, 0.1) is 0 Å². The standard InChI is InChI=1S/C21H20N4O2/c26-20-16-6-3-4-14(13-25-10-8-22-9-11-25)21(16)27-19(20)12-18-15-5-1-2-7-17(15)23-24-18/h1-7,12,22,26H,8-11,13H2. The second-order valence-electron chi connectivity index (χ2n) is 6.88. The van der Waals surface area contributed by atoms with Crippen LogP contribution in [0.1, 0.15) is 16.9 Å². The third-order valence-corrected chi connectivity index (χ3v) is 5.11. The fourth-order valence-electron chi connectivity index (χ4n) is 3.69. The topological polar surface area (TPSA) is 73.4 Å². The minimum atomic E-state index is 0.152. The van der Waals surface area contributed by atoms with Gasteiger partial charge in [0.25, 0.3) is 0 Å². The molecule has 0 spiro atoms. The van der Waals surface area contributed by atoms with Gasteiger partial charge in [0.2, 0.25) is 0 Å². The number of aromatic hydroxyl groups is 1. The number of benzene rings is 2. The van der Waals surface area contributed by atoms with E-state index in [1.165, 1.54) is 0 Å². The molecule has 0 aliphatic carbocycles. The Bertz CT molecular complexity index is 1060. The van der Waals surface area contributed by atoms with Gasteiger partial charge in [0.1, 0.15) is 5.58 Å². The Labute approximate surface area is 156 Å². The predicted molar refractivity (Wildman–Crippen MR) is 105 cm³/mol. The van der Waals surface area contributed by atoms with Crippen LogP contribution in [-0.2, 0) is 6.54 Å². The van der Waals surface area contributed by atoms with Crippen molar-refractivity contribution in [1.82, 2.24) is 10.2 Å². The van der Waals surface area contributed by atoms with Crippen LogP contribution in [0.5, 0.6) is 5.75 Å². The Morgan fingerprint density at radius 2 is 1.93 bits per heavy atom. The van der Waals surface area contributed by atoms with E-state index in [-0.39, 0.29) is 5.75 Å². The van der Waals surface area contributed by atoms with Gasteiger partial charge in [0.15, 0.2) is 11.5 Å². The molecule has 0 atom stereocenters. The number of nitrogens with zero attached hydrogens (tertiary/aromatic N) is 3. The molecule has 2 aromatic carbocycles. The Hall–Kier alpha value is -2.96. The number of fused-ring (bicyclic) bond motifs is 2. The second-order valence-corrected chi connectivity index (χ2v) is 6.88. The van der Waals surface area contributed by atoms with Crippen molar-refractivity contribution in [2.45, 2.75) is 6.54 Å². The second kappa shape index (κ2) is 6.64. The van der Waals surface area contributed by atoms with Crippen LogP contribution < -0.4 is 5.32 Å². The van der Waals surface area contributed by atoms with Gasteiger partial charge in [-0.2, -0.15) is 0 Å². The summed E-state index contributed by atoms with van der Waals surface area (Å²) < 4.78 is 6.08. The van der Waals surface area contributed by atoms with Gasteiger partial charge in [0, 0.05) is 49.9 Å². The van der Waals surface area contributed by atoms with Crippen LogP contribution in [0.15, 0.2) is 57.1 Å². The van der Waals surface area contributed by atoms with Gasteiger partial charge in [0.05, 0.1) is 16.8 Å². The molecule has 2 aliphatic rings. The van der Waals surface area contributed by atoms with Crippen LogP contribution >= 0.6 is 0 Å². The molecule has 0 bridgehead atoms. The Kier molecular flexibility index (Phi) is 3.99. The van der Waals surface area contributed by atoms with E-state index in [1.807, 2.05) is 36.4 Å². The highest BCUT2D eigenvalue weighted by Crippen LogP contribution is 2.40. The zero-order valence-electron chi connectivity index (χ0n) is 14.9. The third kappa shape index (κ3) is 2.93. The lowest BCUT2D eigenvalue weighted by atomic mass is 10.1. The van der Waals surface area contributed by atoms with Crippen molar-refractivity contribution < 1.29 is 9.52 Å². The monoisotopic (exact) mass is 360 g/mol. The van der Waals surface area contributed by atoms with E-state index >= 15 is 0 Å². The number of furan rings is 1. The molecular formula is C21H20N4O2. The van der Waals surface area contributed by atoms with E-state index in [2.05, 4.69) is 26.5 Å². The lowest BCUT2D eigenvalue weighted by molar-refractivity contribution is 0.233. The fraction of sp³-hybridized carbons (Fsp3) is 0.238. The number of nitrogens with one attached hydrogen (secondary N) is 1. The summed E-state index contributed by atoms with van der Waals surface area (Å²) in [6, 6.07) is 13.7. The van der Waals surface area contributed by atoms with Crippen LogP contribution in [-0.4, -0.2) is 36.2 Å². The Morgan fingerprint density at radius 1 is 1.07 bits per heavy atom. The summed E-state index contributed by atoms with van der Waals surface area (Å²) in [4.78, 5) is 2.39. The molecule has 0 saturated carbocycles. The number of azo groups is 1. The van der Waals surface area contributed by atoms with Crippen LogP contribution in [0.25, 0.3) is 22.7 Å². The molecule has 0 radical (unpaired) electrons. The van der Waals surface area contributed by atoms with Gasteiger partial charge in [-0.1, -0.05) is 30.3 Å². The van der Waals surface area contributed by atoms with E-state index in [0.717, 1.165) is 60.5 Å². The van der Waals surface area contributed by atoms with E-state index in [4.69, 9.17) is 4.42 Å². The largest absolute Gasteiger partial charge is 0.504 e. The van der Waals surface area contributed by atoms with Gasteiger partial charge in [-0.15, -0.1) is 10.2 Å². The van der Waals surface area contributed by atoms with Crippen molar-refractivity contribution >= 4 is 28.4 Å². The minimum absolute atomic E-state index is 0.152. The highest BCUT2D eigenvalue weighted by Gasteiger charge is 2.20. The maximum absolute atomic E-state index is 10.7. The van der Waals surface area contributed by atoms with E-state index in [1.54, 1.807) is 6.08 Å². The summed E-state index contributed by atoms with van der Waals surface area (Å²) in [6.45, 7) is 4.83. The van der Waals surface area contributed by atoms with Crippen molar-refractivity contribution in [3.63, 3.8) is 0 Å². The number of para-hydroxylation sites is 1. The minimum Gasteiger partial charge on any atom is -0.504 e. The van der Waals surface area contributed by atoms with E-state index in [9.17, 15) is 5.11 Å². The zero-order valence-corrected chi connectivity index (χ0v) is 14.9. The number of hydrogen-bond donors (Lipinski definition) is 2. The molecule has 136 valence electrons. The molecular weight excluding hydrogens is 340 g/mol. The van der Waals surface area contributed by atoms with Crippen molar-refractivity contribution in [2.24, 2.45) is 10.2 Å². The summed E-state index contributed by atoms with van der Waals surface area (Å²) in [5, 5.41) is 23.2. The predicted octanol–water partition coefficient (Wildman–Crippen LogP) is 4.14. The average molecular weight is 360 g/mol. The molecule has 0 unspecified atom stereocenters. The van der Waals surface area contributed by atoms with E-state index < -0.39 is 0 Å². The lowest BCUT2D eigenvalue weighted by Crippen LogP contribution is -2.42. The summed E-state index contributed by atoms with van der Waals surface area (Å²) in [7, 11) is 0. The van der Waals surface area contributed by atoms with Crippen LogP contribution in [0.3, 0.4) is 0 Å². The first-order valence-corrected chi connectivity index (χ1v) is 9.19. The summed E-state index contributed by atoms with van der Waals surface area (Å²) in [5.74, 6) is 0.572. The summed E-state index contributed by atoms with van der Waals surface area (Å²) in [6.07, 6.45) is 1.76. The first kappa shape index (κ1) is 16.2. The number of piperazine rings is 1. The first-order valence-electron chi connectivity index (χ1n) is 9.19. The number of rotatable bonds is 3. The number of hydrogen-bond acceptors (Lipinski definition) is 6. The molecule has 3 aromatic rings. The molecule has 6 heteroatoms. The molecule has 1 saturated heterocycles. The third-order valence-electron chi connectivity index (χ3n) is 5.11. The maximum Gasteiger partial charge on any atom is 0.172 e. The van der Waals surface area contributed by atoms with Crippen LogP contribution in [0.2, 0.25) is 0 Å². The average Bonchev–Trinajstić information content (AvgIpc) is 3.26. The van der Waals surface area contributed by atoms with Gasteiger partial charge >= 0.3 is 0 Å². The van der Waals surface area contributed by atoms with Gasteiger partial charge < -0.3 is 14.8 Å². The molecule has 27 heavy (non-hydrogen) atoms. The first-order chi connectivity index (χ1) is 13.3. The zero-order chi connectivity index (χ0) is 18.2.